The Morgan fingerprint density at radius 2 is 1.67 bits per heavy atom. The van der Waals surface area contributed by atoms with Gasteiger partial charge in [0.15, 0.2) is 0 Å². The number of rotatable bonds is 5. The van der Waals surface area contributed by atoms with Gasteiger partial charge in [-0.05, 0) is 35.7 Å². The fourth-order valence-corrected chi connectivity index (χ4v) is 3.37. The van der Waals surface area contributed by atoms with Crippen molar-refractivity contribution in [2.24, 2.45) is 0 Å². The zero-order valence-electron chi connectivity index (χ0n) is 12.1. The van der Waals surface area contributed by atoms with Crippen molar-refractivity contribution in [1.82, 2.24) is 4.31 Å². The molecule has 0 saturated carbocycles. The summed E-state index contributed by atoms with van der Waals surface area (Å²) in [5.41, 5.74) is 1.90. The molecule has 0 amide bonds. The van der Waals surface area contributed by atoms with Gasteiger partial charge in [0.1, 0.15) is 0 Å². The van der Waals surface area contributed by atoms with Crippen LogP contribution >= 0.6 is 11.6 Å². The molecule has 112 valence electrons. The highest BCUT2D eigenvalue weighted by molar-refractivity contribution is 7.89. The Hall–Kier alpha value is -1.36. The van der Waals surface area contributed by atoms with Gasteiger partial charge < -0.3 is 0 Å². The van der Waals surface area contributed by atoms with Crippen LogP contribution in [0.1, 0.15) is 18.1 Å². The molecule has 0 aliphatic carbocycles. The summed E-state index contributed by atoms with van der Waals surface area (Å²) in [6.45, 7) is 2.28. The number of benzene rings is 2. The van der Waals surface area contributed by atoms with Crippen LogP contribution in [0.3, 0.4) is 0 Å². The smallest absolute Gasteiger partial charge is 0.207 e. The second kappa shape index (κ2) is 6.60. The van der Waals surface area contributed by atoms with E-state index >= 15 is 0 Å². The van der Waals surface area contributed by atoms with Gasteiger partial charge >= 0.3 is 0 Å². The molecular weight excluding hydrogens is 306 g/mol. The second-order valence-corrected chi connectivity index (χ2v) is 7.30. The predicted molar refractivity (Wildman–Crippen MR) is 85.9 cm³/mol. The van der Waals surface area contributed by atoms with E-state index in [0.29, 0.717) is 9.92 Å². The molecule has 0 fully saturated rings. The molecule has 0 bridgehead atoms. The van der Waals surface area contributed by atoms with Crippen molar-refractivity contribution in [1.29, 1.82) is 0 Å². The summed E-state index contributed by atoms with van der Waals surface area (Å²) < 4.78 is 26.4. The zero-order valence-corrected chi connectivity index (χ0v) is 13.7. The minimum absolute atomic E-state index is 0.248. The SMILES string of the molecule is CCc1ccc(S(=O)(=O)N(C)Cc2ccccc2Cl)cc1. The van der Waals surface area contributed by atoms with Crippen molar-refractivity contribution in [3.63, 3.8) is 0 Å². The third-order valence-electron chi connectivity index (χ3n) is 3.39. The molecule has 0 N–H and O–H groups in total. The van der Waals surface area contributed by atoms with Crippen molar-refractivity contribution in [3.8, 4) is 0 Å². The van der Waals surface area contributed by atoms with Crippen molar-refractivity contribution in [2.45, 2.75) is 24.8 Å². The molecule has 2 aromatic carbocycles. The zero-order chi connectivity index (χ0) is 15.5. The molecule has 0 atom stereocenters. The molecule has 2 rings (SSSR count). The van der Waals surface area contributed by atoms with Gasteiger partial charge in [0.05, 0.1) is 4.90 Å². The lowest BCUT2D eigenvalue weighted by molar-refractivity contribution is 0.467. The van der Waals surface area contributed by atoms with E-state index in [1.165, 1.54) is 4.31 Å². The van der Waals surface area contributed by atoms with Crippen LogP contribution < -0.4 is 0 Å². The van der Waals surface area contributed by atoms with Crippen LogP contribution in [-0.2, 0) is 23.0 Å². The molecule has 5 heteroatoms. The van der Waals surface area contributed by atoms with Gasteiger partial charge in [-0.25, -0.2) is 8.42 Å². The summed E-state index contributed by atoms with van der Waals surface area (Å²) in [4.78, 5) is 0.300. The van der Waals surface area contributed by atoms with E-state index in [1.807, 2.05) is 37.3 Å². The summed E-state index contributed by atoms with van der Waals surface area (Å²) in [6.07, 6.45) is 0.885. The normalized spacial score (nSPS) is 11.8. The van der Waals surface area contributed by atoms with E-state index in [1.54, 1.807) is 25.2 Å². The third kappa shape index (κ3) is 3.64. The lowest BCUT2D eigenvalue weighted by Crippen LogP contribution is -2.26. The van der Waals surface area contributed by atoms with Crippen molar-refractivity contribution in [2.75, 3.05) is 7.05 Å². The summed E-state index contributed by atoms with van der Waals surface area (Å²) >= 11 is 6.08. The average molecular weight is 324 g/mol. The van der Waals surface area contributed by atoms with Gasteiger partial charge in [0, 0.05) is 18.6 Å². The van der Waals surface area contributed by atoms with Gasteiger partial charge in [-0.2, -0.15) is 4.31 Å². The highest BCUT2D eigenvalue weighted by Crippen LogP contribution is 2.21. The summed E-state index contributed by atoms with van der Waals surface area (Å²) in [7, 11) is -1.94. The Bertz CT molecular complexity index is 711. The number of halogens is 1. The second-order valence-electron chi connectivity index (χ2n) is 4.85. The molecule has 2 aromatic rings. The van der Waals surface area contributed by atoms with Gasteiger partial charge in [-0.15, -0.1) is 0 Å². The van der Waals surface area contributed by atoms with Crippen LogP contribution in [-0.4, -0.2) is 19.8 Å². The molecule has 0 spiro atoms. The highest BCUT2D eigenvalue weighted by Gasteiger charge is 2.21. The van der Waals surface area contributed by atoms with Crippen LogP contribution in [0.25, 0.3) is 0 Å². The third-order valence-corrected chi connectivity index (χ3v) is 5.58. The van der Waals surface area contributed by atoms with E-state index in [0.717, 1.165) is 17.5 Å². The number of sulfonamides is 1. The quantitative estimate of drug-likeness (QED) is 0.841. The van der Waals surface area contributed by atoms with E-state index in [-0.39, 0.29) is 6.54 Å². The Morgan fingerprint density at radius 1 is 1.05 bits per heavy atom. The molecule has 0 aromatic heterocycles. The molecule has 0 saturated heterocycles. The maximum atomic E-state index is 12.5. The molecule has 0 aliphatic heterocycles. The van der Waals surface area contributed by atoms with Crippen LogP contribution in [0.2, 0.25) is 5.02 Å². The first kappa shape index (κ1) is 16.0. The molecule has 3 nitrogen and oxygen atoms in total. The van der Waals surface area contributed by atoms with Gasteiger partial charge in [0.2, 0.25) is 10.0 Å². The summed E-state index contributed by atoms with van der Waals surface area (Å²) in [6, 6.07) is 14.2. The molecular formula is C16H18ClNO2S. The first-order valence-corrected chi connectivity index (χ1v) is 8.55. The Kier molecular flexibility index (Phi) is 5.04. The first-order chi connectivity index (χ1) is 9.95. The maximum absolute atomic E-state index is 12.5. The fraction of sp³-hybridized carbons (Fsp3) is 0.250. The van der Waals surface area contributed by atoms with Crippen molar-refractivity contribution >= 4 is 21.6 Å². The largest absolute Gasteiger partial charge is 0.243 e. The van der Waals surface area contributed by atoms with E-state index in [9.17, 15) is 8.42 Å². The number of aryl methyl sites for hydroxylation is 1. The van der Waals surface area contributed by atoms with E-state index < -0.39 is 10.0 Å². The van der Waals surface area contributed by atoms with Gasteiger partial charge in [-0.3, -0.25) is 0 Å². The van der Waals surface area contributed by atoms with Crippen LogP contribution in [0.15, 0.2) is 53.4 Å². The van der Waals surface area contributed by atoms with Gasteiger partial charge in [0.25, 0.3) is 0 Å². The van der Waals surface area contributed by atoms with E-state index in [2.05, 4.69) is 0 Å². The summed E-state index contributed by atoms with van der Waals surface area (Å²) in [5.74, 6) is 0. The lowest BCUT2D eigenvalue weighted by atomic mass is 10.2. The number of nitrogens with zero attached hydrogens (tertiary/aromatic N) is 1. The highest BCUT2D eigenvalue weighted by atomic mass is 35.5. The van der Waals surface area contributed by atoms with Crippen LogP contribution in [0.4, 0.5) is 0 Å². The Labute approximate surface area is 131 Å². The predicted octanol–water partition coefficient (Wildman–Crippen LogP) is 3.72. The lowest BCUT2D eigenvalue weighted by Gasteiger charge is -2.18. The van der Waals surface area contributed by atoms with Gasteiger partial charge in [-0.1, -0.05) is 48.9 Å². The maximum Gasteiger partial charge on any atom is 0.243 e. The van der Waals surface area contributed by atoms with Crippen molar-refractivity contribution < 1.29 is 8.42 Å². The Morgan fingerprint density at radius 3 is 2.24 bits per heavy atom. The molecule has 0 unspecified atom stereocenters. The van der Waals surface area contributed by atoms with Crippen LogP contribution in [0.5, 0.6) is 0 Å². The van der Waals surface area contributed by atoms with Crippen molar-refractivity contribution in [3.05, 3.63) is 64.7 Å². The molecule has 0 heterocycles. The topological polar surface area (TPSA) is 37.4 Å². The monoisotopic (exact) mass is 323 g/mol. The average Bonchev–Trinajstić information content (AvgIpc) is 2.49. The number of hydrogen-bond donors (Lipinski definition) is 0. The van der Waals surface area contributed by atoms with Crippen LogP contribution in [0, 0.1) is 0 Å². The molecule has 21 heavy (non-hydrogen) atoms. The fourth-order valence-electron chi connectivity index (χ4n) is 2.03. The van der Waals surface area contributed by atoms with E-state index in [4.69, 9.17) is 11.6 Å². The first-order valence-electron chi connectivity index (χ1n) is 6.74. The Balaban J connectivity index is 2.24. The minimum atomic E-state index is -3.50. The standard InChI is InChI=1S/C16H18ClNO2S/c1-3-13-8-10-15(11-9-13)21(19,20)18(2)12-14-6-4-5-7-16(14)17/h4-11H,3,12H2,1-2H3. The summed E-state index contributed by atoms with van der Waals surface area (Å²) in [5, 5.41) is 0.570. The molecule has 0 radical (unpaired) electrons. The number of hydrogen-bond acceptors (Lipinski definition) is 2. The molecule has 0 aliphatic rings. The minimum Gasteiger partial charge on any atom is -0.207 e.